The molecule has 0 spiro atoms. The number of phenols is 1. The number of hydrogen-bond acceptors (Lipinski definition) is 6. The van der Waals surface area contributed by atoms with Gasteiger partial charge in [-0.2, -0.15) is 5.10 Å². The molecule has 23 heavy (non-hydrogen) atoms. The zero-order valence-electron chi connectivity index (χ0n) is 12.7. The second kappa shape index (κ2) is 8.14. The maximum atomic E-state index is 11.6. The van der Waals surface area contributed by atoms with Gasteiger partial charge in [-0.1, -0.05) is 0 Å². The van der Waals surface area contributed by atoms with Gasteiger partial charge in [-0.15, -0.1) is 0 Å². The van der Waals surface area contributed by atoms with Gasteiger partial charge < -0.3 is 19.9 Å². The summed E-state index contributed by atoms with van der Waals surface area (Å²) in [6, 6.07) is 4.57. The van der Waals surface area contributed by atoms with Crippen LogP contribution in [0.15, 0.2) is 23.3 Å². The highest BCUT2D eigenvalue weighted by atomic mass is 16.5. The number of nitrogens with zero attached hydrogens (tertiary/aromatic N) is 1. The molecule has 1 saturated heterocycles. The van der Waals surface area contributed by atoms with Crippen molar-refractivity contribution in [3.63, 3.8) is 0 Å². The number of benzene rings is 1. The molecule has 0 unspecified atom stereocenters. The molecular formula is C15H19N3O5. The van der Waals surface area contributed by atoms with E-state index in [0.717, 1.165) is 12.8 Å². The van der Waals surface area contributed by atoms with Crippen LogP contribution in [0.4, 0.5) is 0 Å². The number of phenolic OH excluding ortho intramolecular Hbond substituents is 1. The van der Waals surface area contributed by atoms with E-state index in [1.54, 1.807) is 12.1 Å². The Morgan fingerprint density at radius 2 is 2.30 bits per heavy atom. The minimum absolute atomic E-state index is 0.00203. The van der Waals surface area contributed by atoms with Gasteiger partial charge in [-0.3, -0.25) is 9.59 Å². The van der Waals surface area contributed by atoms with Crippen LogP contribution in [0.2, 0.25) is 0 Å². The first-order chi connectivity index (χ1) is 11.1. The first-order valence-electron chi connectivity index (χ1n) is 7.20. The van der Waals surface area contributed by atoms with Crippen molar-refractivity contribution < 1.29 is 24.2 Å². The number of carbonyl (C=O) groups is 2. The zero-order chi connectivity index (χ0) is 16.7. The van der Waals surface area contributed by atoms with Gasteiger partial charge >= 0.3 is 11.8 Å². The highest BCUT2D eigenvalue weighted by molar-refractivity contribution is 6.35. The van der Waals surface area contributed by atoms with Crippen LogP contribution in [0.1, 0.15) is 18.4 Å². The van der Waals surface area contributed by atoms with Gasteiger partial charge in [-0.05, 0) is 36.6 Å². The van der Waals surface area contributed by atoms with Crippen LogP contribution in [-0.4, -0.2) is 49.5 Å². The summed E-state index contributed by atoms with van der Waals surface area (Å²) >= 11 is 0. The van der Waals surface area contributed by atoms with E-state index in [4.69, 9.17) is 9.47 Å². The fraction of sp³-hybridized carbons (Fsp3) is 0.400. The molecule has 0 saturated carbocycles. The standard InChI is InChI=1S/C15H19N3O5/c1-22-13-7-10(4-5-12(13)19)8-17-18-15(21)14(20)16-9-11-3-2-6-23-11/h4-5,7-8,11,19H,2-3,6,9H2,1H3,(H,16,20)(H,18,21)/b17-8-/t11-/m1/s1. The topological polar surface area (TPSA) is 109 Å². The maximum Gasteiger partial charge on any atom is 0.329 e. The number of ether oxygens (including phenoxy) is 2. The Balaban J connectivity index is 1.79. The third kappa shape index (κ3) is 4.96. The number of carbonyl (C=O) groups excluding carboxylic acids is 2. The molecular weight excluding hydrogens is 302 g/mol. The van der Waals surface area contributed by atoms with Crippen LogP contribution >= 0.6 is 0 Å². The third-order valence-corrected chi connectivity index (χ3v) is 3.30. The Kier molecular flexibility index (Phi) is 5.93. The van der Waals surface area contributed by atoms with Crippen molar-refractivity contribution in [1.29, 1.82) is 0 Å². The van der Waals surface area contributed by atoms with Gasteiger partial charge in [0.2, 0.25) is 0 Å². The Labute approximate surface area is 133 Å². The summed E-state index contributed by atoms with van der Waals surface area (Å²) in [5.41, 5.74) is 2.73. The SMILES string of the molecule is COc1cc(/C=N\NC(=O)C(=O)NC[C@H]2CCCO2)ccc1O. The van der Waals surface area contributed by atoms with Gasteiger partial charge in [0.15, 0.2) is 11.5 Å². The lowest BCUT2D eigenvalue weighted by Gasteiger charge is -2.09. The smallest absolute Gasteiger partial charge is 0.329 e. The van der Waals surface area contributed by atoms with Gasteiger partial charge in [0.05, 0.1) is 19.4 Å². The second-order valence-electron chi connectivity index (χ2n) is 4.98. The largest absolute Gasteiger partial charge is 0.504 e. The Hall–Kier alpha value is -2.61. The van der Waals surface area contributed by atoms with E-state index in [0.29, 0.717) is 18.7 Å². The van der Waals surface area contributed by atoms with Crippen LogP contribution < -0.4 is 15.5 Å². The molecule has 2 rings (SSSR count). The van der Waals surface area contributed by atoms with Gasteiger partial charge in [-0.25, -0.2) is 5.43 Å². The average molecular weight is 321 g/mol. The summed E-state index contributed by atoms with van der Waals surface area (Å²) in [4.78, 5) is 23.2. The molecule has 0 aromatic heterocycles. The van der Waals surface area contributed by atoms with E-state index in [-0.39, 0.29) is 17.6 Å². The highest BCUT2D eigenvalue weighted by Crippen LogP contribution is 2.25. The quantitative estimate of drug-likeness (QED) is 0.406. The molecule has 1 aliphatic heterocycles. The van der Waals surface area contributed by atoms with E-state index in [9.17, 15) is 14.7 Å². The van der Waals surface area contributed by atoms with Gasteiger partial charge in [0, 0.05) is 13.2 Å². The monoisotopic (exact) mass is 321 g/mol. The molecule has 8 heteroatoms. The third-order valence-electron chi connectivity index (χ3n) is 3.30. The van der Waals surface area contributed by atoms with Crippen LogP contribution in [0, 0.1) is 0 Å². The molecule has 1 fully saturated rings. The Morgan fingerprint density at radius 1 is 1.48 bits per heavy atom. The number of hydrogen-bond donors (Lipinski definition) is 3. The molecule has 1 heterocycles. The van der Waals surface area contributed by atoms with Gasteiger partial charge in [0.25, 0.3) is 0 Å². The van der Waals surface area contributed by atoms with Crippen LogP contribution in [0.25, 0.3) is 0 Å². The zero-order valence-corrected chi connectivity index (χ0v) is 12.7. The van der Waals surface area contributed by atoms with E-state index in [1.807, 2.05) is 0 Å². The van der Waals surface area contributed by atoms with Crippen molar-refractivity contribution in [2.75, 3.05) is 20.3 Å². The van der Waals surface area contributed by atoms with E-state index in [2.05, 4.69) is 15.8 Å². The van der Waals surface area contributed by atoms with Crippen molar-refractivity contribution in [2.45, 2.75) is 18.9 Å². The summed E-state index contributed by atoms with van der Waals surface area (Å²) in [6.45, 7) is 0.998. The lowest BCUT2D eigenvalue weighted by Crippen LogP contribution is -2.41. The van der Waals surface area contributed by atoms with Crippen molar-refractivity contribution in [1.82, 2.24) is 10.7 Å². The fourth-order valence-corrected chi connectivity index (χ4v) is 2.08. The van der Waals surface area contributed by atoms with Crippen molar-refractivity contribution in [3.05, 3.63) is 23.8 Å². The van der Waals surface area contributed by atoms with Crippen molar-refractivity contribution in [2.24, 2.45) is 5.10 Å². The Bertz CT molecular complexity index is 597. The number of nitrogens with one attached hydrogen (secondary N) is 2. The molecule has 8 nitrogen and oxygen atoms in total. The van der Waals surface area contributed by atoms with Crippen LogP contribution in [-0.2, 0) is 14.3 Å². The molecule has 0 aliphatic carbocycles. The lowest BCUT2D eigenvalue weighted by atomic mass is 10.2. The molecule has 0 radical (unpaired) electrons. The minimum atomic E-state index is -0.856. The van der Waals surface area contributed by atoms with E-state index < -0.39 is 11.8 Å². The molecule has 124 valence electrons. The van der Waals surface area contributed by atoms with Crippen LogP contribution in [0.5, 0.6) is 11.5 Å². The maximum absolute atomic E-state index is 11.6. The molecule has 1 atom stereocenters. The Morgan fingerprint density at radius 3 is 3.00 bits per heavy atom. The second-order valence-corrected chi connectivity index (χ2v) is 4.98. The van der Waals surface area contributed by atoms with Crippen molar-refractivity contribution >= 4 is 18.0 Å². The number of aromatic hydroxyl groups is 1. The summed E-state index contributed by atoms with van der Waals surface area (Å²) in [7, 11) is 1.43. The average Bonchev–Trinajstić information content (AvgIpc) is 3.07. The lowest BCUT2D eigenvalue weighted by molar-refractivity contribution is -0.139. The number of hydrazone groups is 1. The first-order valence-corrected chi connectivity index (χ1v) is 7.20. The van der Waals surface area contributed by atoms with Crippen LogP contribution in [0.3, 0.4) is 0 Å². The fourth-order valence-electron chi connectivity index (χ4n) is 2.08. The molecule has 1 aromatic carbocycles. The molecule has 2 amide bonds. The summed E-state index contributed by atoms with van der Waals surface area (Å²) in [5, 5.41) is 15.7. The summed E-state index contributed by atoms with van der Waals surface area (Å²) in [6.07, 6.45) is 3.16. The minimum Gasteiger partial charge on any atom is -0.504 e. The molecule has 3 N–H and O–H groups in total. The summed E-state index contributed by atoms with van der Waals surface area (Å²) < 4.78 is 10.3. The normalized spacial score (nSPS) is 17.2. The molecule has 1 aromatic rings. The first kappa shape index (κ1) is 16.8. The summed E-state index contributed by atoms with van der Waals surface area (Å²) in [5.74, 6) is -1.33. The van der Waals surface area contributed by atoms with Gasteiger partial charge in [0.1, 0.15) is 0 Å². The van der Waals surface area contributed by atoms with E-state index in [1.165, 1.54) is 19.4 Å². The number of amides is 2. The number of rotatable bonds is 5. The molecule has 0 bridgehead atoms. The number of methoxy groups -OCH3 is 1. The van der Waals surface area contributed by atoms with E-state index >= 15 is 0 Å². The predicted molar refractivity (Wildman–Crippen MR) is 82.4 cm³/mol. The predicted octanol–water partition coefficient (Wildman–Crippen LogP) is 0.146. The highest BCUT2D eigenvalue weighted by Gasteiger charge is 2.18. The van der Waals surface area contributed by atoms with Crippen molar-refractivity contribution in [3.8, 4) is 11.5 Å². The molecule has 1 aliphatic rings.